The number of carbonyl (C=O) groups is 1. The van der Waals surface area contributed by atoms with E-state index in [1.807, 2.05) is 32.9 Å². The fourth-order valence-electron chi connectivity index (χ4n) is 8.14. The number of hydrogen-bond acceptors (Lipinski definition) is 8. The van der Waals surface area contributed by atoms with Crippen LogP contribution in [0.3, 0.4) is 0 Å². The number of allylic oxidation sites excluding steroid dienone is 5. The second kappa shape index (κ2) is 13.6. The molecular weight excluding hydrogens is 572 g/mol. The molecule has 0 amide bonds. The Morgan fingerprint density at radius 2 is 1.91 bits per heavy atom. The SMILES string of the molecule is CO[C@@H]1C(C)=CC2C(=O)O[C@H]3CC(C/C=C(\C)CC(C)/C=C/C=C4\COC1C42O)O[C@@]1(CC(O)C(C)[C@@H](/C(C)=C/C(C)C)O1)C3. The lowest BCUT2D eigenvalue weighted by molar-refractivity contribution is -0.342. The molecule has 4 aliphatic heterocycles. The van der Waals surface area contributed by atoms with E-state index >= 15 is 0 Å². The third-order valence-electron chi connectivity index (χ3n) is 10.3. The lowest BCUT2D eigenvalue weighted by atomic mass is 9.70. The summed E-state index contributed by atoms with van der Waals surface area (Å²) in [5, 5.41) is 23.7. The molecule has 0 aromatic carbocycles. The van der Waals surface area contributed by atoms with Crippen LogP contribution in [0, 0.1) is 23.7 Å². The summed E-state index contributed by atoms with van der Waals surface area (Å²) >= 11 is 0. The molecule has 3 saturated heterocycles. The monoisotopic (exact) mass is 626 g/mol. The Balaban J connectivity index is 1.53. The fourth-order valence-corrected chi connectivity index (χ4v) is 8.14. The van der Waals surface area contributed by atoms with Crippen LogP contribution in [0.25, 0.3) is 0 Å². The van der Waals surface area contributed by atoms with Gasteiger partial charge in [0.05, 0.1) is 24.9 Å². The van der Waals surface area contributed by atoms with Gasteiger partial charge in [0.1, 0.15) is 29.8 Å². The number of fused-ring (bicyclic) bond motifs is 2. The number of carbonyl (C=O) groups excluding carboxylic acids is 1. The summed E-state index contributed by atoms with van der Waals surface area (Å²) in [6.45, 7) is 14.7. The van der Waals surface area contributed by atoms with Gasteiger partial charge in [-0.15, -0.1) is 0 Å². The summed E-state index contributed by atoms with van der Waals surface area (Å²) in [5.74, 6) is -2.11. The number of rotatable bonds is 3. The van der Waals surface area contributed by atoms with Crippen molar-refractivity contribution in [1.82, 2.24) is 0 Å². The van der Waals surface area contributed by atoms with E-state index in [1.54, 1.807) is 13.2 Å². The van der Waals surface area contributed by atoms with Gasteiger partial charge in [-0.3, -0.25) is 4.79 Å². The van der Waals surface area contributed by atoms with E-state index in [2.05, 4.69) is 45.9 Å². The number of aliphatic hydroxyl groups is 2. The van der Waals surface area contributed by atoms with E-state index in [0.29, 0.717) is 37.2 Å². The molecule has 1 aliphatic carbocycles. The largest absolute Gasteiger partial charge is 0.462 e. The molecule has 1 spiro atoms. The van der Waals surface area contributed by atoms with Crippen molar-refractivity contribution in [2.45, 2.75) is 129 Å². The van der Waals surface area contributed by atoms with Gasteiger partial charge in [0, 0.05) is 32.3 Å². The van der Waals surface area contributed by atoms with Crippen LogP contribution in [0.5, 0.6) is 0 Å². The van der Waals surface area contributed by atoms with Crippen LogP contribution >= 0.6 is 0 Å². The van der Waals surface area contributed by atoms with Gasteiger partial charge in [-0.2, -0.15) is 0 Å². The smallest absolute Gasteiger partial charge is 0.316 e. The van der Waals surface area contributed by atoms with E-state index in [-0.39, 0.29) is 30.7 Å². The van der Waals surface area contributed by atoms with Gasteiger partial charge in [-0.1, -0.05) is 69.7 Å². The van der Waals surface area contributed by atoms with Crippen molar-refractivity contribution in [2.24, 2.45) is 23.7 Å². The van der Waals surface area contributed by atoms with Crippen LogP contribution in [0.2, 0.25) is 0 Å². The molecule has 0 aromatic rings. The van der Waals surface area contributed by atoms with E-state index in [9.17, 15) is 15.0 Å². The van der Waals surface area contributed by atoms with Crippen molar-refractivity contribution < 1.29 is 38.7 Å². The highest BCUT2D eigenvalue weighted by molar-refractivity contribution is 5.78. The highest BCUT2D eigenvalue weighted by atomic mass is 16.7. The minimum atomic E-state index is -1.61. The minimum Gasteiger partial charge on any atom is -0.462 e. The zero-order chi connectivity index (χ0) is 32.7. The van der Waals surface area contributed by atoms with Crippen LogP contribution < -0.4 is 0 Å². The van der Waals surface area contributed by atoms with Gasteiger partial charge >= 0.3 is 5.97 Å². The predicted molar refractivity (Wildman–Crippen MR) is 172 cm³/mol. The zero-order valence-corrected chi connectivity index (χ0v) is 28.3. The maximum absolute atomic E-state index is 14.2. The van der Waals surface area contributed by atoms with Crippen LogP contribution in [0.15, 0.2) is 58.7 Å². The van der Waals surface area contributed by atoms with E-state index in [1.165, 1.54) is 5.57 Å². The molecule has 5 rings (SSSR count). The number of ether oxygens (including phenoxy) is 5. The van der Waals surface area contributed by atoms with E-state index in [0.717, 1.165) is 17.6 Å². The highest BCUT2D eigenvalue weighted by Crippen LogP contribution is 2.48. The summed E-state index contributed by atoms with van der Waals surface area (Å²) in [6.07, 6.45) is 11.7. The van der Waals surface area contributed by atoms with Gasteiger partial charge in [0.2, 0.25) is 0 Å². The molecule has 45 heavy (non-hydrogen) atoms. The number of esters is 1. The van der Waals surface area contributed by atoms with Crippen molar-refractivity contribution in [2.75, 3.05) is 13.7 Å². The molecule has 0 radical (unpaired) electrons. The van der Waals surface area contributed by atoms with Gasteiger partial charge in [-0.25, -0.2) is 0 Å². The van der Waals surface area contributed by atoms with E-state index in [4.69, 9.17) is 23.7 Å². The van der Waals surface area contributed by atoms with Gasteiger partial charge in [-0.05, 0) is 62.2 Å². The average Bonchev–Trinajstić information content (AvgIpc) is 3.29. The summed E-state index contributed by atoms with van der Waals surface area (Å²) < 4.78 is 31.8. The molecule has 5 aliphatic rings. The van der Waals surface area contributed by atoms with Crippen molar-refractivity contribution >= 4 is 5.97 Å². The van der Waals surface area contributed by atoms with Crippen molar-refractivity contribution in [1.29, 1.82) is 0 Å². The zero-order valence-electron chi connectivity index (χ0n) is 28.3. The molecule has 2 bridgehead atoms. The Morgan fingerprint density at radius 3 is 2.62 bits per heavy atom. The molecule has 2 N–H and O–H groups in total. The molecule has 11 atom stereocenters. The van der Waals surface area contributed by atoms with E-state index < -0.39 is 47.7 Å². The third-order valence-corrected chi connectivity index (χ3v) is 10.3. The first kappa shape index (κ1) is 34.3. The number of methoxy groups -OCH3 is 1. The van der Waals surface area contributed by atoms with Crippen molar-refractivity contribution in [3.63, 3.8) is 0 Å². The first-order valence-corrected chi connectivity index (χ1v) is 16.8. The van der Waals surface area contributed by atoms with Crippen LogP contribution in [0.1, 0.15) is 80.6 Å². The normalized spacial score (nSPS) is 46.0. The van der Waals surface area contributed by atoms with Gasteiger partial charge in [0.15, 0.2) is 5.79 Å². The Morgan fingerprint density at radius 1 is 1.16 bits per heavy atom. The Bertz CT molecular complexity index is 1260. The summed E-state index contributed by atoms with van der Waals surface area (Å²) in [5.41, 5.74) is 2.14. The number of hydrogen-bond donors (Lipinski definition) is 2. The van der Waals surface area contributed by atoms with Gasteiger partial charge in [0.25, 0.3) is 0 Å². The Hall–Kier alpha value is -2.07. The van der Waals surface area contributed by atoms with Crippen LogP contribution in [-0.2, 0) is 28.5 Å². The topological polar surface area (TPSA) is 104 Å². The van der Waals surface area contributed by atoms with Gasteiger partial charge < -0.3 is 33.9 Å². The highest BCUT2D eigenvalue weighted by Gasteiger charge is 2.60. The maximum Gasteiger partial charge on any atom is 0.316 e. The molecule has 3 fully saturated rings. The fraction of sp³-hybridized carbons (Fsp3) is 0.703. The summed E-state index contributed by atoms with van der Waals surface area (Å²) in [4.78, 5) is 14.2. The molecular formula is C37H54O8. The van der Waals surface area contributed by atoms with Crippen LogP contribution in [-0.4, -0.2) is 77.9 Å². The first-order chi connectivity index (χ1) is 21.3. The van der Waals surface area contributed by atoms with Crippen molar-refractivity contribution in [3.8, 4) is 0 Å². The molecule has 4 heterocycles. The first-order valence-electron chi connectivity index (χ1n) is 16.8. The lowest BCUT2D eigenvalue weighted by Gasteiger charge is -2.51. The van der Waals surface area contributed by atoms with Crippen molar-refractivity contribution in [3.05, 3.63) is 58.7 Å². The maximum atomic E-state index is 14.2. The minimum absolute atomic E-state index is 0.110. The molecule has 250 valence electrons. The number of aliphatic hydroxyl groups excluding tert-OH is 1. The molecule has 0 aromatic heterocycles. The third kappa shape index (κ3) is 6.97. The summed E-state index contributed by atoms with van der Waals surface area (Å²) in [7, 11) is 1.59. The van der Waals surface area contributed by atoms with Crippen LogP contribution in [0.4, 0.5) is 0 Å². The second-order valence-electron chi connectivity index (χ2n) is 14.6. The molecule has 7 unspecified atom stereocenters. The quantitative estimate of drug-likeness (QED) is 0.302. The standard InChI is InChI=1S/C37H54O8/c1-21(2)14-24(5)32-26(7)31(38)19-36(45-32)18-29-17-28(44-36)13-12-23(4)15-22(3)10-9-11-27-20-42-34-33(41-8)25(6)16-30(35(39)43-29)37(27,34)40/h9-12,14,16,21-22,26,28-34,38,40H,13,15,17-20H2,1-8H3/b10-9+,23-12+,24-14+,27-11+/t22?,26?,28?,29-,30?,31?,32+,33+,34?,36-,37?/m0/s1. The second-order valence-corrected chi connectivity index (χ2v) is 14.6. The Labute approximate surface area is 269 Å². The molecule has 0 saturated carbocycles. The average molecular weight is 627 g/mol. The summed E-state index contributed by atoms with van der Waals surface area (Å²) in [6, 6.07) is 0. The lowest BCUT2D eigenvalue weighted by Crippen LogP contribution is -2.59. The molecule has 8 heteroatoms. The molecule has 8 nitrogen and oxygen atoms in total. The predicted octanol–water partition coefficient (Wildman–Crippen LogP) is 5.74. The Kier molecular flexibility index (Phi) is 10.3.